The molecule has 0 bridgehead atoms. The average molecular weight is 315 g/mol. The lowest BCUT2D eigenvalue weighted by Gasteiger charge is -2.08. The fraction of sp³-hybridized carbons (Fsp3) is 0.235. The van der Waals surface area contributed by atoms with Crippen molar-refractivity contribution in [1.29, 1.82) is 0 Å². The summed E-state index contributed by atoms with van der Waals surface area (Å²) in [6.45, 7) is 0. The molecule has 114 valence electrons. The Morgan fingerprint density at radius 3 is 2.23 bits per heavy atom. The van der Waals surface area contributed by atoms with Crippen LogP contribution in [0.5, 0.6) is 0 Å². The van der Waals surface area contributed by atoms with Gasteiger partial charge in [0.05, 0.1) is 5.75 Å². The van der Waals surface area contributed by atoms with Crippen molar-refractivity contribution in [2.45, 2.75) is 18.6 Å². The van der Waals surface area contributed by atoms with Gasteiger partial charge in [0.15, 0.2) is 5.78 Å². The Kier molecular flexibility index (Phi) is 3.98. The fourth-order valence-electron chi connectivity index (χ4n) is 2.29. The lowest BCUT2D eigenvalue weighted by atomic mass is 10.1. The Bertz CT molecular complexity index is 763. The molecule has 4 nitrogen and oxygen atoms in total. The van der Waals surface area contributed by atoms with Crippen molar-refractivity contribution in [3.05, 3.63) is 65.7 Å². The lowest BCUT2D eigenvalue weighted by Crippen LogP contribution is -2.15. The van der Waals surface area contributed by atoms with Crippen LogP contribution in [0.1, 0.15) is 28.8 Å². The highest BCUT2D eigenvalue weighted by Gasteiger charge is 2.30. The number of hydrogen-bond acceptors (Lipinski definition) is 3. The number of anilines is 1. The van der Waals surface area contributed by atoms with Crippen molar-refractivity contribution in [3.8, 4) is 0 Å². The Morgan fingerprint density at radius 2 is 1.64 bits per heavy atom. The third-order valence-electron chi connectivity index (χ3n) is 3.59. The second-order valence-corrected chi connectivity index (χ2v) is 7.28. The molecule has 3 rings (SSSR count). The molecule has 0 unspecified atom stereocenters. The number of sulfonamides is 1. The lowest BCUT2D eigenvalue weighted by molar-refractivity contribution is 0.0967. The molecule has 0 atom stereocenters. The van der Waals surface area contributed by atoms with E-state index in [1.165, 1.54) is 0 Å². The van der Waals surface area contributed by atoms with E-state index >= 15 is 0 Å². The molecule has 1 fully saturated rings. The number of carbonyl (C=O) groups excluding carboxylic acids is 1. The first kappa shape index (κ1) is 14.8. The molecule has 1 aliphatic carbocycles. The molecule has 0 radical (unpaired) electrons. The summed E-state index contributed by atoms with van der Waals surface area (Å²) in [6.07, 6.45) is 1.93. The monoisotopic (exact) mass is 315 g/mol. The van der Waals surface area contributed by atoms with Crippen molar-refractivity contribution in [1.82, 2.24) is 0 Å². The minimum atomic E-state index is -3.46. The maximum atomic E-state index is 12.1. The van der Waals surface area contributed by atoms with Gasteiger partial charge in [0.25, 0.3) is 0 Å². The number of nitrogens with one attached hydrogen (secondary N) is 1. The van der Waals surface area contributed by atoms with Gasteiger partial charge in [-0.3, -0.25) is 9.52 Å². The number of carbonyl (C=O) groups is 1. The van der Waals surface area contributed by atoms with Crippen molar-refractivity contribution in [2.24, 2.45) is 5.92 Å². The molecule has 2 aromatic rings. The van der Waals surface area contributed by atoms with Crippen molar-refractivity contribution in [3.63, 3.8) is 0 Å². The van der Waals surface area contributed by atoms with Crippen LogP contribution >= 0.6 is 0 Å². The molecule has 0 heterocycles. The Hall–Kier alpha value is -2.14. The van der Waals surface area contributed by atoms with E-state index in [1.807, 2.05) is 18.2 Å². The Balaban J connectivity index is 1.68. The van der Waals surface area contributed by atoms with Gasteiger partial charge in [-0.2, -0.15) is 0 Å². The van der Waals surface area contributed by atoms with Gasteiger partial charge in [-0.05, 0) is 42.7 Å². The molecular formula is C17H17NO3S. The second kappa shape index (κ2) is 5.93. The van der Waals surface area contributed by atoms with Crippen LogP contribution in [0, 0.1) is 5.92 Å². The van der Waals surface area contributed by atoms with E-state index in [0.29, 0.717) is 11.3 Å². The smallest absolute Gasteiger partial charge is 0.236 e. The first-order chi connectivity index (χ1) is 10.5. The van der Waals surface area contributed by atoms with E-state index < -0.39 is 10.0 Å². The van der Waals surface area contributed by atoms with Crippen LogP contribution in [0.15, 0.2) is 54.6 Å². The molecule has 1 N–H and O–H groups in total. The summed E-state index contributed by atoms with van der Waals surface area (Å²) in [5.74, 6) is 0.246. The molecule has 0 amide bonds. The number of Topliss-reactive ketones (excluding diaryl/α,β-unsaturated/α-hetero) is 1. The summed E-state index contributed by atoms with van der Waals surface area (Å²) in [5, 5.41) is 0. The molecule has 2 aromatic carbocycles. The predicted octanol–water partition coefficient (Wildman–Crippen LogP) is 3.22. The third kappa shape index (κ3) is 3.74. The zero-order chi connectivity index (χ0) is 15.6. The third-order valence-corrected chi connectivity index (χ3v) is 4.85. The minimum absolute atomic E-state index is 0.0728. The molecule has 1 saturated carbocycles. The number of rotatable bonds is 6. The molecule has 0 aromatic heterocycles. The summed E-state index contributed by atoms with van der Waals surface area (Å²) in [7, 11) is -3.46. The van der Waals surface area contributed by atoms with E-state index in [0.717, 1.165) is 18.4 Å². The van der Waals surface area contributed by atoms with E-state index in [1.54, 1.807) is 36.4 Å². The van der Waals surface area contributed by atoms with Crippen LogP contribution < -0.4 is 4.72 Å². The highest BCUT2D eigenvalue weighted by Crippen LogP contribution is 2.32. The first-order valence-electron chi connectivity index (χ1n) is 7.22. The van der Waals surface area contributed by atoms with Crippen LogP contribution in [0.3, 0.4) is 0 Å². The summed E-state index contributed by atoms with van der Waals surface area (Å²) in [5.41, 5.74) is 1.85. The normalized spacial score (nSPS) is 14.5. The SMILES string of the molecule is O=C(c1ccc(NS(=O)(=O)Cc2ccccc2)cc1)C1CC1. The summed E-state index contributed by atoms with van der Waals surface area (Å²) in [4.78, 5) is 11.9. The first-order valence-corrected chi connectivity index (χ1v) is 8.87. The summed E-state index contributed by atoms with van der Waals surface area (Å²) >= 11 is 0. The van der Waals surface area contributed by atoms with E-state index in [9.17, 15) is 13.2 Å². The maximum absolute atomic E-state index is 12.1. The van der Waals surface area contributed by atoms with Crippen molar-refractivity contribution < 1.29 is 13.2 Å². The van der Waals surface area contributed by atoms with E-state index in [2.05, 4.69) is 4.72 Å². The van der Waals surface area contributed by atoms with Gasteiger partial charge in [-0.15, -0.1) is 0 Å². The zero-order valence-corrected chi connectivity index (χ0v) is 12.8. The van der Waals surface area contributed by atoms with Gasteiger partial charge in [-0.1, -0.05) is 30.3 Å². The highest BCUT2D eigenvalue weighted by molar-refractivity contribution is 7.91. The number of benzene rings is 2. The van der Waals surface area contributed by atoms with Crippen LogP contribution in [0.2, 0.25) is 0 Å². The van der Waals surface area contributed by atoms with E-state index in [4.69, 9.17) is 0 Å². The molecule has 1 aliphatic rings. The van der Waals surface area contributed by atoms with Crippen LogP contribution in [-0.4, -0.2) is 14.2 Å². The maximum Gasteiger partial charge on any atom is 0.236 e. The Morgan fingerprint density at radius 1 is 1.00 bits per heavy atom. The van der Waals surface area contributed by atoms with Gasteiger partial charge in [0, 0.05) is 17.2 Å². The number of ketones is 1. The topological polar surface area (TPSA) is 63.2 Å². The van der Waals surface area contributed by atoms with Crippen LogP contribution in [0.25, 0.3) is 0 Å². The molecule has 22 heavy (non-hydrogen) atoms. The summed E-state index contributed by atoms with van der Waals surface area (Å²) in [6, 6.07) is 15.6. The molecule has 0 spiro atoms. The number of hydrogen-bond donors (Lipinski definition) is 1. The quantitative estimate of drug-likeness (QED) is 0.833. The standard InChI is InChI=1S/C17H17NO3S/c19-17(14-6-7-14)15-8-10-16(11-9-15)18-22(20,21)12-13-4-2-1-3-5-13/h1-5,8-11,14,18H,6-7,12H2. The van der Waals surface area contributed by atoms with Gasteiger partial charge in [0.2, 0.25) is 10.0 Å². The minimum Gasteiger partial charge on any atom is -0.294 e. The van der Waals surface area contributed by atoms with Crippen molar-refractivity contribution >= 4 is 21.5 Å². The van der Waals surface area contributed by atoms with Crippen molar-refractivity contribution in [2.75, 3.05) is 4.72 Å². The van der Waals surface area contributed by atoms with Gasteiger partial charge < -0.3 is 0 Å². The molecule has 0 aliphatic heterocycles. The van der Waals surface area contributed by atoms with E-state index in [-0.39, 0.29) is 17.5 Å². The largest absolute Gasteiger partial charge is 0.294 e. The summed E-state index contributed by atoms with van der Waals surface area (Å²) < 4.78 is 26.8. The molecule has 0 saturated heterocycles. The second-order valence-electron chi connectivity index (χ2n) is 5.56. The predicted molar refractivity (Wildman–Crippen MR) is 86.2 cm³/mol. The van der Waals surface area contributed by atoms with Crippen LogP contribution in [0.4, 0.5) is 5.69 Å². The molecular weight excluding hydrogens is 298 g/mol. The molecule has 5 heteroatoms. The van der Waals surface area contributed by atoms with Crippen LogP contribution in [-0.2, 0) is 15.8 Å². The zero-order valence-electron chi connectivity index (χ0n) is 12.0. The Labute approximate surface area is 130 Å². The average Bonchev–Trinajstić information content (AvgIpc) is 3.32. The fourth-order valence-corrected chi connectivity index (χ4v) is 3.49. The highest BCUT2D eigenvalue weighted by atomic mass is 32.2. The van der Waals surface area contributed by atoms with Gasteiger partial charge in [-0.25, -0.2) is 8.42 Å². The van der Waals surface area contributed by atoms with Gasteiger partial charge in [0.1, 0.15) is 0 Å². The van der Waals surface area contributed by atoms with Gasteiger partial charge >= 0.3 is 0 Å².